The fourth-order valence-corrected chi connectivity index (χ4v) is 2.46. The van der Waals surface area contributed by atoms with Crippen LogP contribution in [0.2, 0.25) is 0 Å². The highest BCUT2D eigenvalue weighted by Gasteiger charge is 2.19. The lowest BCUT2D eigenvalue weighted by Gasteiger charge is -2.21. The first-order chi connectivity index (χ1) is 7.28. The molecule has 1 aromatic heterocycles. The molecular weight excluding hydrogens is 214 g/mol. The SMILES string of the molecule is O=Cc1ccc(C[C@H]2CNC(=O)OC2)s1. The molecular formula is C10H11NO3S. The molecule has 5 heteroatoms. The van der Waals surface area contributed by atoms with E-state index in [-0.39, 0.29) is 6.09 Å². The maximum Gasteiger partial charge on any atom is 0.407 e. The van der Waals surface area contributed by atoms with Gasteiger partial charge in [0.15, 0.2) is 6.29 Å². The zero-order valence-electron chi connectivity index (χ0n) is 8.06. The number of ether oxygens (including phenoxy) is 1. The van der Waals surface area contributed by atoms with Crippen molar-refractivity contribution in [2.75, 3.05) is 13.2 Å². The van der Waals surface area contributed by atoms with Crippen LogP contribution in [0.15, 0.2) is 12.1 Å². The number of thiophene rings is 1. The maximum atomic E-state index is 10.7. The van der Waals surface area contributed by atoms with Crippen molar-refractivity contribution in [3.05, 3.63) is 21.9 Å². The maximum absolute atomic E-state index is 10.7. The van der Waals surface area contributed by atoms with E-state index in [1.807, 2.05) is 12.1 Å². The molecule has 2 heterocycles. The van der Waals surface area contributed by atoms with Crippen LogP contribution in [0, 0.1) is 5.92 Å². The number of hydrogen-bond donors (Lipinski definition) is 1. The first-order valence-electron chi connectivity index (χ1n) is 4.72. The van der Waals surface area contributed by atoms with Crippen molar-refractivity contribution >= 4 is 23.7 Å². The van der Waals surface area contributed by atoms with E-state index in [0.717, 1.165) is 22.5 Å². The van der Waals surface area contributed by atoms with Gasteiger partial charge < -0.3 is 10.1 Å². The van der Waals surface area contributed by atoms with E-state index in [4.69, 9.17) is 4.74 Å². The van der Waals surface area contributed by atoms with Crippen LogP contribution in [0.4, 0.5) is 4.79 Å². The number of nitrogens with one attached hydrogen (secondary N) is 1. The molecule has 80 valence electrons. The monoisotopic (exact) mass is 225 g/mol. The summed E-state index contributed by atoms with van der Waals surface area (Å²) in [7, 11) is 0. The summed E-state index contributed by atoms with van der Waals surface area (Å²) >= 11 is 1.49. The van der Waals surface area contributed by atoms with Crippen molar-refractivity contribution < 1.29 is 14.3 Å². The lowest BCUT2D eigenvalue weighted by molar-refractivity contribution is 0.103. The average Bonchev–Trinajstić information content (AvgIpc) is 2.69. The van der Waals surface area contributed by atoms with Gasteiger partial charge in [0.1, 0.15) is 0 Å². The molecule has 15 heavy (non-hydrogen) atoms. The van der Waals surface area contributed by atoms with Gasteiger partial charge in [0.05, 0.1) is 11.5 Å². The first-order valence-corrected chi connectivity index (χ1v) is 5.54. The van der Waals surface area contributed by atoms with Crippen LogP contribution < -0.4 is 5.32 Å². The Hall–Kier alpha value is -1.36. The van der Waals surface area contributed by atoms with Crippen molar-refractivity contribution in [2.45, 2.75) is 6.42 Å². The van der Waals surface area contributed by atoms with Crippen LogP contribution >= 0.6 is 11.3 Å². The molecule has 1 atom stereocenters. The predicted octanol–water partition coefficient (Wildman–Crippen LogP) is 1.46. The van der Waals surface area contributed by atoms with Crippen LogP contribution in [-0.2, 0) is 11.2 Å². The molecule has 0 saturated carbocycles. The lowest BCUT2D eigenvalue weighted by atomic mass is 10.1. The number of aldehydes is 1. The standard InChI is InChI=1S/C10H11NO3S/c12-5-9-2-1-8(15-9)3-7-4-11-10(13)14-6-7/h1-2,5,7H,3-4,6H2,(H,11,13)/t7-/m0/s1. The Morgan fingerprint density at radius 3 is 3.07 bits per heavy atom. The van der Waals surface area contributed by atoms with Gasteiger partial charge in [-0.1, -0.05) is 0 Å². The van der Waals surface area contributed by atoms with Gasteiger partial charge in [0.2, 0.25) is 0 Å². The van der Waals surface area contributed by atoms with Gasteiger partial charge in [0, 0.05) is 17.3 Å². The fraction of sp³-hybridized carbons (Fsp3) is 0.400. The summed E-state index contributed by atoms with van der Waals surface area (Å²) in [6.45, 7) is 1.10. The van der Waals surface area contributed by atoms with E-state index < -0.39 is 0 Å². The molecule has 2 rings (SSSR count). The molecule has 1 fully saturated rings. The first kappa shape index (κ1) is 10.2. The summed E-state index contributed by atoms with van der Waals surface area (Å²) in [5, 5.41) is 2.65. The molecule has 0 aromatic carbocycles. The number of carbonyl (C=O) groups excluding carboxylic acids is 2. The molecule has 1 aromatic rings. The quantitative estimate of drug-likeness (QED) is 0.792. The number of hydrogen-bond acceptors (Lipinski definition) is 4. The average molecular weight is 225 g/mol. The van der Waals surface area contributed by atoms with Crippen LogP contribution in [0.1, 0.15) is 14.5 Å². The fourth-order valence-electron chi connectivity index (χ4n) is 1.51. The van der Waals surface area contributed by atoms with Gasteiger partial charge in [-0.25, -0.2) is 4.79 Å². The molecule has 0 aliphatic carbocycles. The largest absolute Gasteiger partial charge is 0.449 e. The molecule has 1 aliphatic heterocycles. The molecule has 0 spiro atoms. The third-order valence-electron chi connectivity index (χ3n) is 2.27. The lowest BCUT2D eigenvalue weighted by Crippen LogP contribution is -2.39. The van der Waals surface area contributed by atoms with E-state index in [2.05, 4.69) is 5.32 Å². The Balaban J connectivity index is 1.91. The van der Waals surface area contributed by atoms with Crippen molar-refractivity contribution in [3.8, 4) is 0 Å². The Labute approximate surface area is 91.2 Å². The zero-order chi connectivity index (χ0) is 10.7. The van der Waals surface area contributed by atoms with E-state index in [0.29, 0.717) is 19.1 Å². The molecule has 0 bridgehead atoms. The second-order valence-electron chi connectivity index (χ2n) is 3.47. The van der Waals surface area contributed by atoms with Crippen LogP contribution in [-0.4, -0.2) is 25.5 Å². The molecule has 0 radical (unpaired) electrons. The van der Waals surface area contributed by atoms with Gasteiger partial charge in [-0.3, -0.25) is 4.79 Å². The topological polar surface area (TPSA) is 55.4 Å². The summed E-state index contributed by atoms with van der Waals surface area (Å²) in [6.07, 6.45) is 1.36. The second-order valence-corrected chi connectivity index (χ2v) is 4.67. The summed E-state index contributed by atoms with van der Waals surface area (Å²) in [4.78, 5) is 23.1. The molecule has 1 aliphatic rings. The summed E-state index contributed by atoms with van der Waals surface area (Å²) in [5.41, 5.74) is 0. The summed E-state index contributed by atoms with van der Waals surface area (Å²) in [5.74, 6) is 0.306. The number of alkyl carbamates (subject to hydrolysis) is 1. The number of cyclic esters (lactones) is 1. The number of amides is 1. The smallest absolute Gasteiger partial charge is 0.407 e. The Bertz CT molecular complexity index is 364. The molecule has 1 amide bonds. The Kier molecular flexibility index (Phi) is 3.01. The van der Waals surface area contributed by atoms with E-state index >= 15 is 0 Å². The Morgan fingerprint density at radius 2 is 2.47 bits per heavy atom. The van der Waals surface area contributed by atoms with Crippen molar-refractivity contribution in [3.63, 3.8) is 0 Å². The highest BCUT2D eigenvalue weighted by molar-refractivity contribution is 7.13. The van der Waals surface area contributed by atoms with E-state index in [1.165, 1.54) is 11.3 Å². The van der Waals surface area contributed by atoms with E-state index in [9.17, 15) is 9.59 Å². The van der Waals surface area contributed by atoms with Crippen LogP contribution in [0.5, 0.6) is 0 Å². The van der Waals surface area contributed by atoms with Gasteiger partial charge in [-0.2, -0.15) is 0 Å². The molecule has 4 nitrogen and oxygen atoms in total. The highest BCUT2D eigenvalue weighted by Crippen LogP contribution is 2.19. The minimum absolute atomic E-state index is 0.306. The van der Waals surface area contributed by atoms with Gasteiger partial charge in [-0.15, -0.1) is 11.3 Å². The minimum atomic E-state index is -0.342. The van der Waals surface area contributed by atoms with Crippen LogP contribution in [0.3, 0.4) is 0 Å². The number of carbonyl (C=O) groups is 2. The summed E-state index contributed by atoms with van der Waals surface area (Å²) < 4.78 is 4.88. The van der Waals surface area contributed by atoms with Gasteiger partial charge in [-0.05, 0) is 18.6 Å². The zero-order valence-corrected chi connectivity index (χ0v) is 8.88. The third kappa shape index (κ3) is 2.56. The van der Waals surface area contributed by atoms with Crippen molar-refractivity contribution in [1.82, 2.24) is 5.32 Å². The Morgan fingerprint density at radius 1 is 1.60 bits per heavy atom. The summed E-state index contributed by atoms with van der Waals surface area (Å²) in [6, 6.07) is 3.76. The van der Waals surface area contributed by atoms with Crippen molar-refractivity contribution in [1.29, 1.82) is 0 Å². The van der Waals surface area contributed by atoms with Gasteiger partial charge >= 0.3 is 6.09 Å². The molecule has 1 N–H and O–H groups in total. The third-order valence-corrected chi connectivity index (χ3v) is 3.31. The van der Waals surface area contributed by atoms with Gasteiger partial charge in [0.25, 0.3) is 0 Å². The van der Waals surface area contributed by atoms with Crippen molar-refractivity contribution in [2.24, 2.45) is 5.92 Å². The molecule has 1 saturated heterocycles. The predicted molar refractivity (Wildman–Crippen MR) is 56.3 cm³/mol. The number of rotatable bonds is 3. The van der Waals surface area contributed by atoms with Crippen LogP contribution in [0.25, 0.3) is 0 Å². The van der Waals surface area contributed by atoms with E-state index in [1.54, 1.807) is 0 Å². The molecule has 0 unspecified atom stereocenters. The second kappa shape index (κ2) is 4.44. The minimum Gasteiger partial charge on any atom is -0.449 e. The normalized spacial score (nSPS) is 20.5. The highest BCUT2D eigenvalue weighted by atomic mass is 32.1.